The first-order valence-electron chi connectivity index (χ1n) is 7.14. The molecule has 1 aromatic carbocycles. The lowest BCUT2D eigenvalue weighted by Gasteiger charge is -2.27. The van der Waals surface area contributed by atoms with Crippen molar-refractivity contribution in [3.05, 3.63) is 51.7 Å². The third-order valence-corrected chi connectivity index (χ3v) is 4.87. The number of rotatable bonds is 4. The van der Waals surface area contributed by atoms with Gasteiger partial charge in [0.25, 0.3) is 0 Å². The van der Waals surface area contributed by atoms with Crippen LogP contribution in [0.5, 0.6) is 0 Å². The lowest BCUT2D eigenvalue weighted by molar-refractivity contribution is 0.392. The van der Waals surface area contributed by atoms with Gasteiger partial charge in [-0.3, -0.25) is 0 Å². The Morgan fingerprint density at radius 1 is 1.14 bits per heavy atom. The van der Waals surface area contributed by atoms with Crippen molar-refractivity contribution < 1.29 is 4.39 Å². The van der Waals surface area contributed by atoms with Crippen molar-refractivity contribution in [3.63, 3.8) is 0 Å². The largest absolute Gasteiger partial charge is 0.308 e. The minimum atomic E-state index is -0.244. The van der Waals surface area contributed by atoms with Gasteiger partial charge in [0, 0.05) is 10.8 Å². The molecule has 114 valence electrons. The van der Waals surface area contributed by atoms with Gasteiger partial charge in [-0.15, -0.1) is 11.3 Å². The molecule has 2 rings (SSSR count). The maximum absolute atomic E-state index is 13.0. The molecule has 0 aliphatic heterocycles. The summed E-state index contributed by atoms with van der Waals surface area (Å²) in [5.41, 5.74) is 2.02. The molecule has 0 aliphatic carbocycles. The molecule has 0 bridgehead atoms. The molecule has 2 aromatic rings. The highest BCUT2D eigenvalue weighted by Crippen LogP contribution is 2.31. The van der Waals surface area contributed by atoms with Crippen molar-refractivity contribution in [1.29, 1.82) is 0 Å². The Hall–Kier alpha value is -1.26. The normalized spacial score (nSPS) is 15.0. The zero-order chi connectivity index (χ0) is 15.7. The Labute approximate surface area is 130 Å². The van der Waals surface area contributed by atoms with Gasteiger partial charge < -0.3 is 5.32 Å². The number of nitrogens with zero attached hydrogens (tertiary/aromatic N) is 1. The van der Waals surface area contributed by atoms with E-state index in [0.717, 1.165) is 22.7 Å². The summed E-state index contributed by atoms with van der Waals surface area (Å²) in [5.74, 6) is -0.200. The number of aromatic nitrogens is 1. The summed E-state index contributed by atoms with van der Waals surface area (Å²) in [6.07, 6.45) is 0.779. The summed E-state index contributed by atoms with van der Waals surface area (Å²) in [5, 5.41) is 6.58. The van der Waals surface area contributed by atoms with Crippen molar-refractivity contribution in [2.75, 3.05) is 7.05 Å². The monoisotopic (exact) mass is 306 g/mol. The molecule has 0 saturated carbocycles. The van der Waals surface area contributed by atoms with Crippen LogP contribution in [0.25, 0.3) is 0 Å². The average Bonchev–Trinajstić information content (AvgIpc) is 2.91. The second-order valence-electron chi connectivity index (χ2n) is 6.67. The fraction of sp³-hybridized carbons (Fsp3) is 0.471. The van der Waals surface area contributed by atoms with Crippen LogP contribution >= 0.6 is 11.3 Å². The highest BCUT2D eigenvalue weighted by molar-refractivity contribution is 7.09. The van der Waals surface area contributed by atoms with Crippen LogP contribution in [-0.2, 0) is 17.4 Å². The van der Waals surface area contributed by atoms with E-state index in [-0.39, 0.29) is 16.8 Å². The molecule has 2 nitrogen and oxygen atoms in total. The Kier molecular flexibility index (Phi) is 4.49. The fourth-order valence-corrected chi connectivity index (χ4v) is 3.37. The predicted octanol–water partition coefficient (Wildman–Crippen LogP) is 4.26. The Morgan fingerprint density at radius 2 is 1.76 bits per heavy atom. The van der Waals surface area contributed by atoms with Gasteiger partial charge in [-0.2, -0.15) is 0 Å². The Bertz CT molecular complexity index is 598. The summed E-state index contributed by atoms with van der Waals surface area (Å²) in [4.78, 5) is 4.82. The van der Waals surface area contributed by atoms with Crippen LogP contribution in [-0.4, -0.2) is 12.0 Å². The van der Waals surface area contributed by atoms with Crippen molar-refractivity contribution in [1.82, 2.24) is 10.3 Å². The molecule has 1 N–H and O–H groups in total. The SMILES string of the molecule is CNC(C)(Cc1ccc(F)cc1)c1nc(C(C)(C)C)cs1. The van der Waals surface area contributed by atoms with Gasteiger partial charge in [0.15, 0.2) is 0 Å². The molecular formula is C17H23FN2S. The molecule has 4 heteroatoms. The number of hydrogen-bond donors (Lipinski definition) is 1. The van der Waals surface area contributed by atoms with Gasteiger partial charge >= 0.3 is 0 Å². The first kappa shape index (κ1) is 16.1. The van der Waals surface area contributed by atoms with E-state index in [0.29, 0.717) is 0 Å². The number of halogens is 1. The number of likely N-dealkylation sites (N-methyl/N-ethyl adjacent to an activating group) is 1. The highest BCUT2D eigenvalue weighted by Gasteiger charge is 2.30. The standard InChI is InChI=1S/C17H23FN2S/c1-16(2,3)14-11-21-15(20-14)17(4,19-5)10-12-6-8-13(18)9-7-12/h6-9,11,19H,10H2,1-5H3. The van der Waals surface area contributed by atoms with E-state index >= 15 is 0 Å². The number of benzene rings is 1. The molecule has 21 heavy (non-hydrogen) atoms. The van der Waals surface area contributed by atoms with Crippen molar-refractivity contribution in [2.24, 2.45) is 0 Å². The number of thiazole rings is 1. The second-order valence-corrected chi connectivity index (χ2v) is 7.53. The maximum Gasteiger partial charge on any atom is 0.123 e. The molecule has 1 unspecified atom stereocenters. The topological polar surface area (TPSA) is 24.9 Å². The first-order valence-corrected chi connectivity index (χ1v) is 8.02. The smallest absolute Gasteiger partial charge is 0.123 e. The summed E-state index contributed by atoms with van der Waals surface area (Å²) >= 11 is 1.68. The summed E-state index contributed by atoms with van der Waals surface area (Å²) < 4.78 is 13.0. The fourth-order valence-electron chi connectivity index (χ4n) is 2.15. The zero-order valence-electron chi connectivity index (χ0n) is 13.3. The van der Waals surface area contributed by atoms with Gasteiger partial charge in [-0.25, -0.2) is 9.37 Å². The molecule has 0 spiro atoms. The molecule has 1 atom stereocenters. The third-order valence-electron chi connectivity index (χ3n) is 3.77. The van der Waals surface area contributed by atoms with E-state index in [1.807, 2.05) is 19.2 Å². The molecule has 0 aliphatic rings. The quantitative estimate of drug-likeness (QED) is 0.913. The third kappa shape index (κ3) is 3.69. The van der Waals surface area contributed by atoms with Crippen molar-refractivity contribution in [3.8, 4) is 0 Å². The van der Waals surface area contributed by atoms with E-state index in [9.17, 15) is 4.39 Å². The molecule has 0 saturated heterocycles. The van der Waals surface area contributed by atoms with E-state index < -0.39 is 0 Å². The van der Waals surface area contributed by atoms with Crippen molar-refractivity contribution >= 4 is 11.3 Å². The molecule has 1 aromatic heterocycles. The first-order chi connectivity index (χ1) is 9.74. The van der Waals surface area contributed by atoms with E-state index in [2.05, 4.69) is 38.4 Å². The predicted molar refractivity (Wildman–Crippen MR) is 87.3 cm³/mol. The van der Waals surface area contributed by atoms with Crippen LogP contribution in [0.2, 0.25) is 0 Å². The minimum Gasteiger partial charge on any atom is -0.308 e. The van der Waals surface area contributed by atoms with Crippen LogP contribution in [0.4, 0.5) is 4.39 Å². The van der Waals surface area contributed by atoms with E-state index in [1.54, 1.807) is 11.3 Å². The minimum absolute atomic E-state index is 0.0548. The van der Waals surface area contributed by atoms with Crippen LogP contribution in [0, 0.1) is 5.82 Å². The lowest BCUT2D eigenvalue weighted by Crippen LogP contribution is -2.39. The number of hydrogen-bond acceptors (Lipinski definition) is 3. The van der Waals surface area contributed by atoms with Gasteiger partial charge in [-0.05, 0) is 38.1 Å². The van der Waals surface area contributed by atoms with Crippen LogP contribution < -0.4 is 5.32 Å². The maximum atomic E-state index is 13.0. The molecule has 1 heterocycles. The summed E-state index contributed by atoms with van der Waals surface area (Å²) in [6, 6.07) is 6.69. The van der Waals surface area contributed by atoms with Crippen LogP contribution in [0.3, 0.4) is 0 Å². The molecule has 0 fully saturated rings. The molecule has 0 radical (unpaired) electrons. The van der Waals surface area contributed by atoms with Gasteiger partial charge in [0.2, 0.25) is 0 Å². The Morgan fingerprint density at radius 3 is 2.24 bits per heavy atom. The van der Waals surface area contributed by atoms with Crippen molar-refractivity contribution in [2.45, 2.75) is 45.1 Å². The van der Waals surface area contributed by atoms with Crippen LogP contribution in [0.1, 0.15) is 44.0 Å². The lowest BCUT2D eigenvalue weighted by atomic mass is 9.91. The zero-order valence-corrected chi connectivity index (χ0v) is 14.1. The molecule has 0 amide bonds. The molecular weight excluding hydrogens is 283 g/mol. The summed E-state index contributed by atoms with van der Waals surface area (Å²) in [6.45, 7) is 8.65. The second kappa shape index (κ2) is 5.85. The summed E-state index contributed by atoms with van der Waals surface area (Å²) in [7, 11) is 1.95. The van der Waals surface area contributed by atoms with Crippen LogP contribution in [0.15, 0.2) is 29.6 Å². The average molecular weight is 306 g/mol. The highest BCUT2D eigenvalue weighted by atomic mass is 32.1. The Balaban J connectivity index is 2.28. The van der Waals surface area contributed by atoms with Gasteiger partial charge in [-0.1, -0.05) is 32.9 Å². The van der Waals surface area contributed by atoms with Gasteiger partial charge in [0.1, 0.15) is 10.8 Å². The van der Waals surface area contributed by atoms with Gasteiger partial charge in [0.05, 0.1) is 11.2 Å². The number of nitrogens with one attached hydrogen (secondary N) is 1. The van der Waals surface area contributed by atoms with E-state index in [1.165, 1.54) is 12.1 Å². The van der Waals surface area contributed by atoms with E-state index in [4.69, 9.17) is 4.98 Å².